The van der Waals surface area contributed by atoms with Gasteiger partial charge in [-0.05, 0) is 35.9 Å². The van der Waals surface area contributed by atoms with Crippen molar-refractivity contribution in [2.75, 3.05) is 43.6 Å². The molecule has 0 spiro atoms. The van der Waals surface area contributed by atoms with E-state index in [-0.39, 0.29) is 5.91 Å². The monoisotopic (exact) mass is 403 g/mol. The molecule has 0 bridgehead atoms. The molecule has 0 atom stereocenters. The van der Waals surface area contributed by atoms with E-state index in [9.17, 15) is 4.79 Å². The molecular weight excluding hydrogens is 378 g/mol. The van der Waals surface area contributed by atoms with Crippen LogP contribution in [-0.4, -0.2) is 44.3 Å². The van der Waals surface area contributed by atoms with Crippen LogP contribution in [0.3, 0.4) is 0 Å². The Kier molecular flexibility index (Phi) is 6.25. The lowest BCUT2D eigenvalue weighted by Crippen LogP contribution is -2.36. The van der Waals surface area contributed by atoms with Crippen LogP contribution >= 0.6 is 0 Å². The highest BCUT2D eigenvalue weighted by atomic mass is 16.5. The normalized spacial score (nSPS) is 13.7. The van der Waals surface area contributed by atoms with Crippen molar-refractivity contribution in [1.82, 2.24) is 4.98 Å². The van der Waals surface area contributed by atoms with Crippen LogP contribution in [0.5, 0.6) is 5.75 Å². The minimum atomic E-state index is -0.188. The van der Waals surface area contributed by atoms with Crippen molar-refractivity contribution >= 4 is 17.4 Å². The Morgan fingerprint density at radius 2 is 1.90 bits per heavy atom. The van der Waals surface area contributed by atoms with E-state index < -0.39 is 0 Å². The first kappa shape index (κ1) is 19.9. The summed E-state index contributed by atoms with van der Waals surface area (Å²) in [6.45, 7) is 3.03. The van der Waals surface area contributed by atoms with E-state index in [0.717, 1.165) is 42.3 Å². The van der Waals surface area contributed by atoms with Gasteiger partial charge in [0, 0.05) is 37.0 Å². The van der Waals surface area contributed by atoms with Crippen LogP contribution < -0.4 is 15.0 Å². The quantitative estimate of drug-likeness (QED) is 0.679. The van der Waals surface area contributed by atoms with Gasteiger partial charge in [0.15, 0.2) is 0 Å². The Bertz CT molecular complexity index is 984. The van der Waals surface area contributed by atoms with Crippen LogP contribution in [0.15, 0.2) is 66.9 Å². The summed E-state index contributed by atoms with van der Waals surface area (Å²) in [4.78, 5) is 19.3. The molecule has 1 aromatic heterocycles. The number of nitrogens with zero attached hydrogens (tertiary/aromatic N) is 2. The third kappa shape index (κ3) is 4.78. The maximum Gasteiger partial charge on any atom is 0.257 e. The smallest absolute Gasteiger partial charge is 0.257 e. The topological polar surface area (TPSA) is 63.7 Å². The average molecular weight is 403 g/mol. The molecule has 2 aromatic carbocycles. The van der Waals surface area contributed by atoms with Crippen LogP contribution in [0.1, 0.15) is 21.5 Å². The zero-order chi connectivity index (χ0) is 20.8. The summed E-state index contributed by atoms with van der Waals surface area (Å²) in [7, 11) is 1.66. The Balaban J connectivity index is 1.46. The molecule has 1 saturated heterocycles. The summed E-state index contributed by atoms with van der Waals surface area (Å²) in [5.41, 5.74) is 3.45. The standard InChI is InChI=1S/C24H25N3O3/c1-29-22-9-8-21(16-20(22)15-18-5-3-2-4-6-18)26-24(28)19-7-10-23(25-17-19)27-11-13-30-14-12-27/h2-10,16-17H,11-15H2,1H3,(H,26,28). The second-order valence-electron chi connectivity index (χ2n) is 7.15. The highest BCUT2D eigenvalue weighted by Gasteiger charge is 2.14. The molecule has 154 valence electrons. The number of amides is 1. The molecule has 6 heteroatoms. The van der Waals surface area contributed by atoms with E-state index >= 15 is 0 Å². The summed E-state index contributed by atoms with van der Waals surface area (Å²) < 4.78 is 10.9. The average Bonchev–Trinajstić information content (AvgIpc) is 2.81. The number of hydrogen-bond acceptors (Lipinski definition) is 5. The molecule has 30 heavy (non-hydrogen) atoms. The van der Waals surface area contributed by atoms with E-state index in [1.165, 1.54) is 5.56 Å². The van der Waals surface area contributed by atoms with Gasteiger partial charge in [-0.2, -0.15) is 0 Å². The first-order valence-electron chi connectivity index (χ1n) is 10.0. The number of anilines is 2. The predicted molar refractivity (Wildman–Crippen MR) is 117 cm³/mol. The number of benzene rings is 2. The van der Waals surface area contributed by atoms with Gasteiger partial charge < -0.3 is 19.7 Å². The number of carbonyl (C=O) groups is 1. The molecule has 1 aliphatic rings. The van der Waals surface area contributed by atoms with Gasteiger partial charge in [0.2, 0.25) is 0 Å². The molecule has 0 unspecified atom stereocenters. The number of carbonyl (C=O) groups excluding carboxylic acids is 1. The third-order valence-corrected chi connectivity index (χ3v) is 5.12. The van der Waals surface area contributed by atoms with Gasteiger partial charge >= 0.3 is 0 Å². The summed E-state index contributed by atoms with van der Waals surface area (Å²) in [5, 5.41) is 2.97. The van der Waals surface area contributed by atoms with Gasteiger partial charge in [0.05, 0.1) is 25.9 Å². The number of pyridine rings is 1. The highest BCUT2D eigenvalue weighted by molar-refractivity contribution is 6.04. The number of hydrogen-bond donors (Lipinski definition) is 1. The van der Waals surface area contributed by atoms with Crippen LogP contribution in [0.4, 0.5) is 11.5 Å². The number of nitrogens with one attached hydrogen (secondary N) is 1. The van der Waals surface area contributed by atoms with Gasteiger partial charge in [-0.15, -0.1) is 0 Å². The predicted octanol–water partition coefficient (Wildman–Crippen LogP) is 3.77. The van der Waals surface area contributed by atoms with Gasteiger partial charge in [-0.1, -0.05) is 30.3 Å². The fraction of sp³-hybridized carbons (Fsp3) is 0.250. The Labute approximate surface area is 176 Å². The van der Waals surface area contributed by atoms with Crippen molar-refractivity contribution in [2.45, 2.75) is 6.42 Å². The number of morpholine rings is 1. The number of methoxy groups -OCH3 is 1. The second-order valence-corrected chi connectivity index (χ2v) is 7.15. The zero-order valence-electron chi connectivity index (χ0n) is 17.0. The molecule has 3 aromatic rings. The van der Waals surface area contributed by atoms with Crippen LogP contribution in [0.25, 0.3) is 0 Å². The minimum absolute atomic E-state index is 0.188. The van der Waals surface area contributed by atoms with Gasteiger partial charge in [-0.25, -0.2) is 4.98 Å². The Morgan fingerprint density at radius 1 is 1.10 bits per heavy atom. The summed E-state index contributed by atoms with van der Waals surface area (Å²) in [6.07, 6.45) is 2.35. The van der Waals surface area contributed by atoms with E-state index in [4.69, 9.17) is 9.47 Å². The third-order valence-electron chi connectivity index (χ3n) is 5.12. The highest BCUT2D eigenvalue weighted by Crippen LogP contribution is 2.26. The molecule has 6 nitrogen and oxygen atoms in total. The first-order chi connectivity index (χ1) is 14.7. The van der Waals surface area contributed by atoms with Gasteiger partial charge in [0.25, 0.3) is 5.91 Å². The lowest BCUT2D eigenvalue weighted by atomic mass is 10.0. The molecule has 0 saturated carbocycles. The van der Waals surface area contributed by atoms with Crippen molar-refractivity contribution in [1.29, 1.82) is 0 Å². The van der Waals surface area contributed by atoms with Crippen LogP contribution in [-0.2, 0) is 11.2 Å². The van der Waals surface area contributed by atoms with Crippen molar-refractivity contribution in [3.8, 4) is 5.75 Å². The van der Waals surface area contributed by atoms with Crippen molar-refractivity contribution < 1.29 is 14.3 Å². The SMILES string of the molecule is COc1ccc(NC(=O)c2ccc(N3CCOCC3)nc2)cc1Cc1ccccc1. The van der Waals surface area contributed by atoms with Crippen LogP contribution in [0.2, 0.25) is 0 Å². The molecule has 1 fully saturated rings. The molecule has 2 heterocycles. The first-order valence-corrected chi connectivity index (χ1v) is 10.0. The molecule has 0 aliphatic carbocycles. The Morgan fingerprint density at radius 3 is 2.60 bits per heavy atom. The largest absolute Gasteiger partial charge is 0.496 e. The lowest BCUT2D eigenvalue weighted by Gasteiger charge is -2.27. The Hall–Kier alpha value is -3.38. The van der Waals surface area contributed by atoms with Crippen molar-refractivity contribution in [3.05, 3.63) is 83.6 Å². The fourth-order valence-corrected chi connectivity index (χ4v) is 3.51. The molecule has 0 radical (unpaired) electrons. The molecule has 1 amide bonds. The van der Waals surface area contributed by atoms with E-state index in [2.05, 4.69) is 27.3 Å². The van der Waals surface area contributed by atoms with Gasteiger partial charge in [0.1, 0.15) is 11.6 Å². The summed E-state index contributed by atoms with van der Waals surface area (Å²) in [6, 6.07) is 19.6. The van der Waals surface area contributed by atoms with E-state index in [1.54, 1.807) is 13.3 Å². The van der Waals surface area contributed by atoms with Crippen molar-refractivity contribution in [3.63, 3.8) is 0 Å². The summed E-state index contributed by atoms with van der Waals surface area (Å²) in [5.74, 6) is 1.48. The molecule has 1 N–H and O–H groups in total. The fourth-order valence-electron chi connectivity index (χ4n) is 3.51. The number of aromatic nitrogens is 1. The van der Waals surface area contributed by atoms with E-state index in [0.29, 0.717) is 18.8 Å². The zero-order valence-corrected chi connectivity index (χ0v) is 17.0. The molecule has 1 aliphatic heterocycles. The minimum Gasteiger partial charge on any atom is -0.496 e. The summed E-state index contributed by atoms with van der Waals surface area (Å²) >= 11 is 0. The maximum absolute atomic E-state index is 12.7. The number of rotatable bonds is 6. The van der Waals surface area contributed by atoms with Crippen LogP contribution in [0, 0.1) is 0 Å². The second kappa shape index (κ2) is 9.41. The van der Waals surface area contributed by atoms with Crippen molar-refractivity contribution in [2.24, 2.45) is 0 Å². The lowest BCUT2D eigenvalue weighted by molar-refractivity contribution is 0.102. The number of ether oxygens (including phenoxy) is 2. The van der Waals surface area contributed by atoms with Gasteiger partial charge in [-0.3, -0.25) is 4.79 Å². The molecular formula is C24H25N3O3. The molecule has 4 rings (SSSR count). The maximum atomic E-state index is 12.7. The van der Waals surface area contributed by atoms with E-state index in [1.807, 2.05) is 48.5 Å².